The maximum atomic E-state index is 12.5. The second kappa shape index (κ2) is 9.86. The Hall–Kier alpha value is -2.71. The third-order valence-corrected chi connectivity index (χ3v) is 5.61. The molecule has 30 heavy (non-hydrogen) atoms. The second-order valence-electron chi connectivity index (χ2n) is 6.76. The molecule has 1 fully saturated rings. The number of aromatic nitrogens is 2. The number of carbonyl (C=O) groups excluding carboxylic acids is 1. The highest BCUT2D eigenvalue weighted by atomic mass is 35.5. The van der Waals surface area contributed by atoms with Gasteiger partial charge in [0.15, 0.2) is 6.61 Å². The van der Waals surface area contributed by atoms with E-state index >= 15 is 0 Å². The minimum Gasteiger partial charge on any atom is -0.484 e. The largest absolute Gasteiger partial charge is 0.484 e. The van der Waals surface area contributed by atoms with Gasteiger partial charge < -0.3 is 19.4 Å². The zero-order chi connectivity index (χ0) is 20.8. The fourth-order valence-electron chi connectivity index (χ4n) is 3.17. The molecular weight excluding hydrogens is 424 g/mol. The van der Waals surface area contributed by atoms with Crippen molar-refractivity contribution >= 4 is 40.6 Å². The van der Waals surface area contributed by atoms with Gasteiger partial charge in [0.2, 0.25) is 5.91 Å². The molecule has 4 rings (SSSR count). The predicted molar refractivity (Wildman–Crippen MR) is 117 cm³/mol. The maximum absolute atomic E-state index is 12.5. The van der Waals surface area contributed by atoms with Gasteiger partial charge in [-0.05, 0) is 43.2 Å². The number of ether oxygens (including phenoxy) is 1. The number of thioether (sulfide) groups is 1. The van der Waals surface area contributed by atoms with Gasteiger partial charge in [-0.25, -0.2) is 0 Å². The molecule has 1 amide bonds. The van der Waals surface area contributed by atoms with Crippen LogP contribution in [0.1, 0.15) is 18.7 Å². The van der Waals surface area contributed by atoms with E-state index in [0.29, 0.717) is 16.1 Å². The van der Waals surface area contributed by atoms with Crippen molar-refractivity contribution in [1.82, 2.24) is 10.2 Å². The summed E-state index contributed by atoms with van der Waals surface area (Å²) in [6, 6.07) is 15.0. The monoisotopic (exact) mass is 444 g/mol. The van der Waals surface area contributed by atoms with Crippen LogP contribution in [0, 0.1) is 0 Å². The Balaban J connectivity index is 1.30. The summed E-state index contributed by atoms with van der Waals surface area (Å²) in [6.07, 6.45) is 2.30. The van der Waals surface area contributed by atoms with Crippen LogP contribution in [-0.2, 0) is 11.4 Å². The number of nitrogens with zero attached hydrogens (tertiary/aromatic N) is 3. The summed E-state index contributed by atoms with van der Waals surface area (Å²) >= 11 is 7.31. The van der Waals surface area contributed by atoms with Gasteiger partial charge in [0.05, 0.1) is 17.1 Å². The summed E-state index contributed by atoms with van der Waals surface area (Å²) in [6.45, 7) is 2.13. The highest BCUT2D eigenvalue weighted by molar-refractivity contribution is 7.99. The number of carbonyl (C=O) groups is 1. The van der Waals surface area contributed by atoms with Gasteiger partial charge in [-0.2, -0.15) is 0 Å². The van der Waals surface area contributed by atoms with Gasteiger partial charge in [0, 0.05) is 18.1 Å². The summed E-state index contributed by atoms with van der Waals surface area (Å²) < 4.78 is 11.1. The van der Waals surface area contributed by atoms with Crippen molar-refractivity contribution in [2.75, 3.05) is 29.1 Å². The van der Waals surface area contributed by atoms with E-state index in [9.17, 15) is 4.79 Å². The van der Waals surface area contributed by atoms with E-state index in [4.69, 9.17) is 20.8 Å². The molecular formula is C21H21ClN4O3S. The summed E-state index contributed by atoms with van der Waals surface area (Å²) in [5.41, 5.74) is 1.71. The molecule has 7 nitrogen and oxygen atoms in total. The van der Waals surface area contributed by atoms with Crippen LogP contribution >= 0.6 is 23.4 Å². The Morgan fingerprint density at radius 3 is 2.77 bits per heavy atom. The molecule has 2 aromatic carbocycles. The van der Waals surface area contributed by atoms with Crippen LogP contribution in [0.15, 0.2) is 58.2 Å². The van der Waals surface area contributed by atoms with Crippen molar-refractivity contribution in [3.05, 3.63) is 59.4 Å². The first kappa shape index (κ1) is 20.6. The molecule has 1 aliphatic rings. The molecule has 2 heterocycles. The topological polar surface area (TPSA) is 80.5 Å². The molecule has 0 saturated carbocycles. The molecule has 1 N–H and O–H groups in total. The first-order valence-electron chi connectivity index (χ1n) is 9.65. The van der Waals surface area contributed by atoms with Gasteiger partial charge in [-0.15, -0.1) is 10.2 Å². The Bertz CT molecular complexity index is 993. The van der Waals surface area contributed by atoms with Crippen LogP contribution < -0.4 is 15.0 Å². The van der Waals surface area contributed by atoms with E-state index in [1.807, 2.05) is 42.5 Å². The highest BCUT2D eigenvalue weighted by Gasteiger charge is 2.18. The molecule has 156 valence electrons. The van der Waals surface area contributed by atoms with E-state index in [2.05, 4.69) is 20.4 Å². The van der Waals surface area contributed by atoms with Gasteiger partial charge in [0.1, 0.15) is 5.75 Å². The molecule has 0 bridgehead atoms. The molecule has 0 radical (unpaired) electrons. The number of halogens is 1. The molecule has 9 heteroatoms. The Morgan fingerprint density at radius 1 is 1.17 bits per heavy atom. The number of hydrogen-bond donors (Lipinski definition) is 1. The maximum Gasteiger partial charge on any atom is 0.277 e. The lowest BCUT2D eigenvalue weighted by Crippen LogP contribution is -2.21. The predicted octanol–water partition coefficient (Wildman–Crippen LogP) is 4.63. The third-order valence-electron chi connectivity index (χ3n) is 4.56. The van der Waals surface area contributed by atoms with Crippen molar-refractivity contribution < 1.29 is 13.9 Å². The first-order chi connectivity index (χ1) is 14.7. The highest BCUT2D eigenvalue weighted by Crippen LogP contribution is 2.32. The Morgan fingerprint density at radius 2 is 1.97 bits per heavy atom. The lowest BCUT2D eigenvalue weighted by molar-refractivity contribution is -0.113. The van der Waals surface area contributed by atoms with Gasteiger partial charge >= 0.3 is 0 Å². The van der Waals surface area contributed by atoms with Crippen molar-refractivity contribution in [2.45, 2.75) is 24.7 Å². The fraction of sp³-hybridized carbons (Fsp3) is 0.286. The lowest BCUT2D eigenvalue weighted by atomic mass is 10.2. The number of amides is 1. The second-order valence-corrected chi connectivity index (χ2v) is 8.12. The smallest absolute Gasteiger partial charge is 0.277 e. The molecule has 1 saturated heterocycles. The standard InChI is InChI=1S/C21H21ClN4O3S/c22-15-8-9-18(26-10-4-5-11-26)17(12-15)23-19(27)14-30-21-25-24-20(29-21)13-28-16-6-2-1-3-7-16/h1-3,6-9,12H,4-5,10-11,13-14H2,(H,23,27). The number of benzene rings is 2. The fourth-order valence-corrected chi connectivity index (χ4v) is 3.92. The summed E-state index contributed by atoms with van der Waals surface area (Å²) in [5.74, 6) is 1.06. The number of anilines is 2. The van der Waals surface area contributed by atoms with E-state index in [-0.39, 0.29) is 18.3 Å². The van der Waals surface area contributed by atoms with Gasteiger partial charge in [-0.1, -0.05) is 41.6 Å². The minimum atomic E-state index is -0.164. The Kier molecular flexibility index (Phi) is 6.76. The van der Waals surface area contributed by atoms with E-state index in [1.54, 1.807) is 6.07 Å². The quantitative estimate of drug-likeness (QED) is 0.507. The minimum absolute atomic E-state index is 0.146. The molecule has 0 spiro atoms. The normalized spacial score (nSPS) is 13.4. The van der Waals surface area contributed by atoms with Crippen LogP contribution in [0.25, 0.3) is 0 Å². The molecule has 0 aliphatic carbocycles. The zero-order valence-electron chi connectivity index (χ0n) is 16.2. The van der Waals surface area contributed by atoms with Crippen molar-refractivity contribution in [2.24, 2.45) is 0 Å². The average Bonchev–Trinajstić information content (AvgIpc) is 3.44. The number of rotatable bonds is 8. The Labute approximate surface area is 183 Å². The van der Waals surface area contributed by atoms with Crippen molar-refractivity contribution in [1.29, 1.82) is 0 Å². The lowest BCUT2D eigenvalue weighted by Gasteiger charge is -2.21. The molecule has 0 unspecified atom stereocenters. The number of hydrogen-bond acceptors (Lipinski definition) is 7. The van der Waals surface area contributed by atoms with E-state index in [0.717, 1.165) is 43.1 Å². The zero-order valence-corrected chi connectivity index (χ0v) is 17.8. The van der Waals surface area contributed by atoms with Gasteiger partial charge in [0.25, 0.3) is 11.1 Å². The molecule has 1 aromatic heterocycles. The average molecular weight is 445 g/mol. The summed E-state index contributed by atoms with van der Waals surface area (Å²) in [5, 5.41) is 11.8. The van der Waals surface area contributed by atoms with E-state index in [1.165, 1.54) is 11.8 Å². The number of nitrogens with one attached hydrogen (secondary N) is 1. The van der Waals surface area contributed by atoms with Crippen molar-refractivity contribution in [3.8, 4) is 5.75 Å². The summed E-state index contributed by atoms with van der Waals surface area (Å²) in [7, 11) is 0. The SMILES string of the molecule is O=C(CSc1nnc(COc2ccccc2)o1)Nc1cc(Cl)ccc1N1CCCC1. The van der Waals surface area contributed by atoms with Crippen LogP contribution in [-0.4, -0.2) is 34.9 Å². The van der Waals surface area contributed by atoms with Crippen LogP contribution in [0.3, 0.4) is 0 Å². The van der Waals surface area contributed by atoms with Crippen molar-refractivity contribution in [3.63, 3.8) is 0 Å². The van der Waals surface area contributed by atoms with Gasteiger partial charge in [-0.3, -0.25) is 4.79 Å². The number of para-hydroxylation sites is 1. The third kappa shape index (κ3) is 5.46. The summed E-state index contributed by atoms with van der Waals surface area (Å²) in [4.78, 5) is 14.7. The van der Waals surface area contributed by atoms with Crippen LogP contribution in [0.2, 0.25) is 5.02 Å². The molecule has 1 aliphatic heterocycles. The molecule has 3 aromatic rings. The molecule has 0 atom stereocenters. The van der Waals surface area contributed by atoms with Crippen LogP contribution in [0.5, 0.6) is 5.75 Å². The van der Waals surface area contributed by atoms with Crippen LogP contribution in [0.4, 0.5) is 11.4 Å². The first-order valence-corrected chi connectivity index (χ1v) is 11.0. The van der Waals surface area contributed by atoms with E-state index < -0.39 is 0 Å².